The third-order valence-corrected chi connectivity index (χ3v) is 10.3. The van der Waals surface area contributed by atoms with Crippen LogP contribution in [0.25, 0.3) is 0 Å². The van der Waals surface area contributed by atoms with Crippen molar-refractivity contribution in [2.75, 3.05) is 17.2 Å². The number of fused-ring (bicyclic) bond motifs is 2. The number of carbonyl (C=O) groups excluding carboxylic acids is 2. The summed E-state index contributed by atoms with van der Waals surface area (Å²) in [6, 6.07) is 9.99. The minimum Gasteiger partial charge on any atom is -0.508 e. The first-order valence-corrected chi connectivity index (χ1v) is 14.1. The van der Waals surface area contributed by atoms with E-state index in [-0.39, 0.29) is 42.4 Å². The van der Waals surface area contributed by atoms with Gasteiger partial charge in [-0.15, -0.1) is 22.7 Å². The molecule has 10 heteroatoms. The van der Waals surface area contributed by atoms with Crippen LogP contribution in [0.2, 0.25) is 0 Å². The number of phenolic OH excluding ortho intramolecular Hbond substituents is 1. The standard InChI is InChI=1S/C27H31N3O5S2/c1-26-9-8-21(33)27(2,14-31)20(26)13-19-23(29-25(37-19)30-24(35)18-7-4-10-36-18)17(26)12-22(34)28-15-5-3-6-16(32)11-15/h3-7,10-11,17,20-21,31-33H,8-9,12-14H2,1-2H3,(H,28,34)(H,29,30,35). The van der Waals surface area contributed by atoms with E-state index in [0.717, 1.165) is 10.6 Å². The predicted molar refractivity (Wildman–Crippen MR) is 144 cm³/mol. The number of anilines is 2. The molecule has 0 saturated heterocycles. The van der Waals surface area contributed by atoms with Gasteiger partial charge in [0.2, 0.25) is 5.91 Å². The zero-order valence-electron chi connectivity index (χ0n) is 20.7. The van der Waals surface area contributed by atoms with Gasteiger partial charge in [0.05, 0.1) is 23.3 Å². The fourth-order valence-corrected chi connectivity index (χ4v) is 7.93. The van der Waals surface area contributed by atoms with Crippen molar-refractivity contribution in [1.29, 1.82) is 0 Å². The second-order valence-corrected chi connectivity index (χ2v) is 12.6. The SMILES string of the molecule is CC1(CO)C(O)CCC2(C)C(CC(=O)Nc3cccc(O)c3)c3nc(NC(=O)c4cccs4)sc3CC12. The number of phenols is 1. The first-order chi connectivity index (χ1) is 17.6. The Labute approximate surface area is 223 Å². The molecule has 0 spiro atoms. The van der Waals surface area contributed by atoms with Crippen molar-refractivity contribution >= 4 is 45.3 Å². The molecule has 5 rings (SSSR count). The van der Waals surface area contributed by atoms with Gasteiger partial charge in [-0.25, -0.2) is 4.98 Å². The van der Waals surface area contributed by atoms with Gasteiger partial charge in [-0.2, -0.15) is 0 Å². The van der Waals surface area contributed by atoms with Crippen molar-refractivity contribution in [3.63, 3.8) is 0 Å². The van der Waals surface area contributed by atoms with Gasteiger partial charge in [0.15, 0.2) is 5.13 Å². The molecule has 2 heterocycles. The number of aliphatic hydroxyl groups is 2. The number of aromatic hydroxyl groups is 1. The molecule has 196 valence electrons. The van der Waals surface area contributed by atoms with E-state index < -0.39 is 16.9 Å². The molecule has 2 aliphatic rings. The average Bonchev–Trinajstić information content (AvgIpc) is 3.53. The Morgan fingerprint density at radius 3 is 2.70 bits per heavy atom. The number of nitrogens with one attached hydrogen (secondary N) is 2. The van der Waals surface area contributed by atoms with Gasteiger partial charge >= 0.3 is 0 Å². The Morgan fingerprint density at radius 2 is 2.00 bits per heavy atom. The minimum absolute atomic E-state index is 0.0652. The van der Waals surface area contributed by atoms with E-state index in [1.54, 1.807) is 24.3 Å². The molecule has 8 nitrogen and oxygen atoms in total. The smallest absolute Gasteiger partial charge is 0.267 e. The molecular formula is C27H31N3O5S2. The van der Waals surface area contributed by atoms with Crippen LogP contribution in [-0.4, -0.2) is 44.8 Å². The summed E-state index contributed by atoms with van der Waals surface area (Å²) in [5.41, 5.74) is 0.176. The van der Waals surface area contributed by atoms with E-state index in [9.17, 15) is 24.9 Å². The van der Waals surface area contributed by atoms with E-state index in [4.69, 9.17) is 4.98 Å². The molecule has 37 heavy (non-hydrogen) atoms. The molecule has 5 unspecified atom stereocenters. The van der Waals surface area contributed by atoms with Crippen LogP contribution in [-0.2, 0) is 11.2 Å². The van der Waals surface area contributed by atoms with Gasteiger partial charge in [0, 0.05) is 34.4 Å². The van der Waals surface area contributed by atoms with Gasteiger partial charge in [0.1, 0.15) is 5.75 Å². The lowest BCUT2D eigenvalue weighted by molar-refractivity contribution is -0.143. The minimum atomic E-state index is -0.727. The number of aliphatic hydroxyl groups excluding tert-OH is 2. The molecule has 5 N–H and O–H groups in total. The Bertz CT molecular complexity index is 1310. The highest BCUT2D eigenvalue weighted by Gasteiger charge is 2.59. The second-order valence-electron chi connectivity index (χ2n) is 10.6. The summed E-state index contributed by atoms with van der Waals surface area (Å²) in [6.45, 7) is 3.90. The van der Waals surface area contributed by atoms with Crippen molar-refractivity contribution in [1.82, 2.24) is 4.98 Å². The van der Waals surface area contributed by atoms with Crippen LogP contribution in [0.4, 0.5) is 10.8 Å². The Balaban J connectivity index is 1.49. The lowest BCUT2D eigenvalue weighted by Crippen LogP contribution is -2.57. The highest BCUT2D eigenvalue weighted by Crippen LogP contribution is 2.62. The lowest BCUT2D eigenvalue weighted by atomic mass is 9.47. The van der Waals surface area contributed by atoms with Crippen LogP contribution < -0.4 is 10.6 Å². The van der Waals surface area contributed by atoms with Crippen molar-refractivity contribution in [3.05, 3.63) is 57.2 Å². The summed E-state index contributed by atoms with van der Waals surface area (Å²) >= 11 is 2.75. The largest absolute Gasteiger partial charge is 0.508 e. The first-order valence-electron chi connectivity index (χ1n) is 12.4. The molecular weight excluding hydrogens is 510 g/mol. The Hall–Kier alpha value is -2.79. The number of benzene rings is 1. The number of amides is 2. The molecule has 5 atom stereocenters. The maximum absolute atomic E-state index is 13.3. The molecule has 0 radical (unpaired) electrons. The number of thiazole rings is 1. The Kier molecular flexibility index (Phi) is 6.86. The van der Waals surface area contributed by atoms with E-state index in [1.165, 1.54) is 28.7 Å². The summed E-state index contributed by atoms with van der Waals surface area (Å²) in [4.78, 5) is 32.4. The van der Waals surface area contributed by atoms with Crippen LogP contribution in [0.5, 0.6) is 5.75 Å². The van der Waals surface area contributed by atoms with Crippen LogP contribution in [0.1, 0.15) is 59.3 Å². The van der Waals surface area contributed by atoms with E-state index in [2.05, 4.69) is 17.6 Å². The van der Waals surface area contributed by atoms with Gasteiger partial charge in [-0.3, -0.25) is 14.9 Å². The molecule has 0 bridgehead atoms. The molecule has 2 aromatic heterocycles. The van der Waals surface area contributed by atoms with Crippen molar-refractivity contribution in [3.8, 4) is 5.75 Å². The lowest BCUT2D eigenvalue weighted by Gasteiger charge is -2.58. The van der Waals surface area contributed by atoms with Crippen LogP contribution in [0, 0.1) is 16.7 Å². The number of nitrogens with zero attached hydrogens (tertiary/aromatic N) is 1. The summed E-state index contributed by atoms with van der Waals surface area (Å²) in [5.74, 6) is -0.729. The number of thiophene rings is 1. The maximum Gasteiger partial charge on any atom is 0.267 e. The van der Waals surface area contributed by atoms with Crippen molar-refractivity contribution in [2.45, 2.75) is 51.6 Å². The summed E-state index contributed by atoms with van der Waals surface area (Å²) in [7, 11) is 0. The van der Waals surface area contributed by atoms with E-state index in [1.807, 2.05) is 18.4 Å². The number of rotatable bonds is 6. The molecule has 2 aliphatic carbocycles. The highest BCUT2D eigenvalue weighted by atomic mass is 32.1. The van der Waals surface area contributed by atoms with Crippen LogP contribution in [0.3, 0.4) is 0 Å². The highest BCUT2D eigenvalue weighted by molar-refractivity contribution is 7.16. The first kappa shape index (κ1) is 25.8. The van der Waals surface area contributed by atoms with E-state index >= 15 is 0 Å². The average molecular weight is 542 g/mol. The van der Waals surface area contributed by atoms with Crippen molar-refractivity contribution < 1.29 is 24.9 Å². The zero-order valence-corrected chi connectivity index (χ0v) is 22.4. The van der Waals surface area contributed by atoms with Gasteiger partial charge in [0.25, 0.3) is 5.91 Å². The molecule has 0 aliphatic heterocycles. The zero-order chi connectivity index (χ0) is 26.4. The number of hydrogen-bond donors (Lipinski definition) is 5. The van der Waals surface area contributed by atoms with Crippen LogP contribution >= 0.6 is 22.7 Å². The topological polar surface area (TPSA) is 132 Å². The van der Waals surface area contributed by atoms with Gasteiger partial charge in [-0.1, -0.05) is 26.0 Å². The number of aromatic nitrogens is 1. The van der Waals surface area contributed by atoms with Crippen molar-refractivity contribution in [2.24, 2.45) is 16.7 Å². The molecule has 1 saturated carbocycles. The predicted octanol–water partition coefficient (Wildman–Crippen LogP) is 4.61. The summed E-state index contributed by atoms with van der Waals surface area (Å²) in [5, 5.41) is 39.2. The third-order valence-electron chi connectivity index (χ3n) is 8.38. The summed E-state index contributed by atoms with van der Waals surface area (Å²) in [6.07, 6.45) is 1.32. The molecule has 1 aromatic carbocycles. The van der Waals surface area contributed by atoms with E-state index in [0.29, 0.717) is 35.0 Å². The monoisotopic (exact) mass is 541 g/mol. The van der Waals surface area contributed by atoms with Gasteiger partial charge in [-0.05, 0) is 54.2 Å². The Morgan fingerprint density at radius 1 is 1.19 bits per heavy atom. The fourth-order valence-electron chi connectivity index (χ4n) is 6.25. The molecule has 3 aromatic rings. The fraction of sp³-hybridized carbons (Fsp3) is 0.444. The molecule has 1 fully saturated rings. The van der Waals surface area contributed by atoms with Crippen LogP contribution in [0.15, 0.2) is 41.8 Å². The normalized spacial score (nSPS) is 28.7. The summed E-state index contributed by atoms with van der Waals surface area (Å²) < 4.78 is 0. The molecule has 2 amide bonds. The number of carbonyl (C=O) groups is 2. The maximum atomic E-state index is 13.3. The quantitative estimate of drug-likeness (QED) is 0.310. The second kappa shape index (κ2) is 9.83. The third kappa shape index (κ3) is 4.67. The number of hydrogen-bond acceptors (Lipinski definition) is 8. The van der Waals surface area contributed by atoms with Gasteiger partial charge < -0.3 is 20.6 Å².